The predicted molar refractivity (Wildman–Crippen MR) is 96.0 cm³/mol. The van der Waals surface area contributed by atoms with E-state index < -0.39 is 10.8 Å². The number of anilines is 2. The normalized spacial score (nSPS) is 13.3. The molecule has 0 atom stereocenters. The molecule has 0 fully saturated rings. The first kappa shape index (κ1) is 17.0. The molecule has 0 aromatic heterocycles. The number of amides is 2. The van der Waals surface area contributed by atoms with Crippen molar-refractivity contribution in [3.63, 3.8) is 0 Å². The molecule has 1 aliphatic rings. The summed E-state index contributed by atoms with van der Waals surface area (Å²) in [6.07, 6.45) is 0. The van der Waals surface area contributed by atoms with Crippen molar-refractivity contribution in [2.75, 3.05) is 22.5 Å². The molecule has 0 saturated heterocycles. The van der Waals surface area contributed by atoms with Crippen LogP contribution in [0, 0.1) is 17.0 Å². The third-order valence-electron chi connectivity index (χ3n) is 3.80. The highest BCUT2D eigenvalue weighted by molar-refractivity contribution is 8.00. The number of hydrogen-bond acceptors (Lipinski definition) is 5. The van der Waals surface area contributed by atoms with Gasteiger partial charge < -0.3 is 10.2 Å². The summed E-state index contributed by atoms with van der Waals surface area (Å²) in [4.78, 5) is 37.4. The van der Waals surface area contributed by atoms with E-state index in [1.165, 1.54) is 22.7 Å². The zero-order valence-corrected chi connectivity index (χ0v) is 14.2. The van der Waals surface area contributed by atoms with Crippen molar-refractivity contribution in [1.29, 1.82) is 0 Å². The Morgan fingerprint density at radius 1 is 1.32 bits per heavy atom. The number of nitro groups is 1. The lowest BCUT2D eigenvalue weighted by Crippen LogP contribution is -2.41. The van der Waals surface area contributed by atoms with E-state index in [1.54, 1.807) is 25.1 Å². The summed E-state index contributed by atoms with van der Waals surface area (Å²) in [6.45, 7) is 1.49. The standard InChI is InChI=1S/C17H15N3O4S/c1-11-6-7-12(8-14(11)20(23)24)18-16(21)9-19-13-4-2-3-5-15(13)25-10-17(19)22/h2-8H,9-10H2,1H3,(H,18,21). The molecule has 7 nitrogen and oxygen atoms in total. The van der Waals surface area contributed by atoms with Crippen LogP contribution in [0.3, 0.4) is 0 Å². The molecule has 2 aromatic carbocycles. The van der Waals surface area contributed by atoms with E-state index in [0.717, 1.165) is 4.90 Å². The van der Waals surface area contributed by atoms with Crippen molar-refractivity contribution in [3.05, 3.63) is 58.1 Å². The number of nitro benzene ring substituents is 1. The fourth-order valence-electron chi connectivity index (χ4n) is 2.56. The van der Waals surface area contributed by atoms with Crippen molar-refractivity contribution in [2.24, 2.45) is 0 Å². The predicted octanol–water partition coefficient (Wildman–Crippen LogP) is 2.98. The summed E-state index contributed by atoms with van der Waals surface area (Å²) in [7, 11) is 0. The van der Waals surface area contributed by atoms with Crippen LogP contribution in [-0.2, 0) is 9.59 Å². The van der Waals surface area contributed by atoms with E-state index in [0.29, 0.717) is 16.9 Å². The summed E-state index contributed by atoms with van der Waals surface area (Å²) in [5.74, 6) is -0.276. The molecule has 3 rings (SSSR count). The first-order valence-electron chi connectivity index (χ1n) is 7.53. The number of para-hydroxylation sites is 1. The molecule has 0 unspecified atom stereocenters. The van der Waals surface area contributed by atoms with Crippen LogP contribution in [0.1, 0.15) is 5.56 Å². The number of thioether (sulfide) groups is 1. The van der Waals surface area contributed by atoms with E-state index in [4.69, 9.17) is 0 Å². The van der Waals surface area contributed by atoms with Gasteiger partial charge in [0.1, 0.15) is 6.54 Å². The molecular weight excluding hydrogens is 342 g/mol. The van der Waals surface area contributed by atoms with Crippen molar-refractivity contribution < 1.29 is 14.5 Å². The lowest BCUT2D eigenvalue weighted by Gasteiger charge is -2.28. The van der Waals surface area contributed by atoms with Crippen LogP contribution < -0.4 is 10.2 Å². The number of aryl methyl sites for hydroxylation is 1. The molecule has 1 aliphatic heterocycles. The Balaban J connectivity index is 1.76. The number of carbonyl (C=O) groups is 2. The Kier molecular flexibility index (Phi) is 4.71. The van der Waals surface area contributed by atoms with Crippen LogP contribution in [0.15, 0.2) is 47.4 Å². The molecule has 8 heteroatoms. The number of benzene rings is 2. The summed E-state index contributed by atoms with van der Waals surface area (Å²) in [5.41, 5.74) is 1.48. The molecule has 2 amide bonds. The van der Waals surface area contributed by atoms with E-state index >= 15 is 0 Å². The van der Waals surface area contributed by atoms with Gasteiger partial charge >= 0.3 is 0 Å². The maximum atomic E-state index is 12.3. The van der Waals surface area contributed by atoms with Gasteiger partial charge in [-0.2, -0.15) is 0 Å². The molecular formula is C17H15N3O4S. The van der Waals surface area contributed by atoms with Gasteiger partial charge in [0, 0.05) is 22.2 Å². The lowest BCUT2D eigenvalue weighted by atomic mass is 10.2. The Labute approximate surface area is 148 Å². The fraction of sp³-hybridized carbons (Fsp3) is 0.176. The smallest absolute Gasteiger partial charge is 0.274 e. The average molecular weight is 357 g/mol. The van der Waals surface area contributed by atoms with Crippen molar-refractivity contribution in [2.45, 2.75) is 11.8 Å². The third kappa shape index (κ3) is 3.63. The summed E-state index contributed by atoms with van der Waals surface area (Å²) >= 11 is 1.44. The minimum absolute atomic E-state index is 0.0615. The molecule has 0 radical (unpaired) electrons. The van der Waals surface area contributed by atoms with E-state index in [-0.39, 0.29) is 23.9 Å². The van der Waals surface area contributed by atoms with Gasteiger partial charge in [-0.25, -0.2) is 0 Å². The topological polar surface area (TPSA) is 92.6 Å². The van der Waals surface area contributed by atoms with Crippen molar-refractivity contribution in [1.82, 2.24) is 0 Å². The maximum Gasteiger partial charge on any atom is 0.274 e. The zero-order chi connectivity index (χ0) is 18.0. The van der Waals surface area contributed by atoms with Crippen molar-refractivity contribution >= 4 is 40.6 Å². The Morgan fingerprint density at radius 2 is 2.08 bits per heavy atom. The monoisotopic (exact) mass is 357 g/mol. The summed E-state index contributed by atoms with van der Waals surface area (Å²) < 4.78 is 0. The molecule has 128 valence electrons. The van der Waals surface area contributed by atoms with Crippen LogP contribution in [0.4, 0.5) is 17.1 Å². The van der Waals surface area contributed by atoms with E-state index in [1.807, 2.05) is 18.2 Å². The molecule has 0 spiro atoms. The molecule has 25 heavy (non-hydrogen) atoms. The second-order valence-corrected chi connectivity index (χ2v) is 6.56. The first-order valence-corrected chi connectivity index (χ1v) is 8.51. The number of carbonyl (C=O) groups excluding carboxylic acids is 2. The zero-order valence-electron chi connectivity index (χ0n) is 13.4. The first-order chi connectivity index (χ1) is 12.0. The molecule has 0 bridgehead atoms. The lowest BCUT2D eigenvalue weighted by molar-refractivity contribution is -0.385. The van der Waals surface area contributed by atoms with Gasteiger partial charge in [0.15, 0.2) is 0 Å². The second-order valence-electron chi connectivity index (χ2n) is 5.54. The van der Waals surface area contributed by atoms with Gasteiger partial charge in [-0.05, 0) is 25.1 Å². The summed E-state index contributed by atoms with van der Waals surface area (Å²) in [6, 6.07) is 11.9. The van der Waals surface area contributed by atoms with Crippen LogP contribution in [0.25, 0.3) is 0 Å². The molecule has 0 aliphatic carbocycles. The number of nitrogens with zero attached hydrogens (tertiary/aromatic N) is 2. The third-order valence-corrected chi connectivity index (χ3v) is 4.85. The molecule has 1 N–H and O–H groups in total. The van der Waals surface area contributed by atoms with E-state index in [2.05, 4.69) is 5.32 Å². The molecule has 2 aromatic rings. The number of rotatable bonds is 4. The van der Waals surface area contributed by atoms with Crippen LogP contribution in [0.2, 0.25) is 0 Å². The van der Waals surface area contributed by atoms with Gasteiger partial charge in [0.25, 0.3) is 5.69 Å². The van der Waals surface area contributed by atoms with Gasteiger partial charge in [-0.1, -0.05) is 18.2 Å². The Morgan fingerprint density at radius 3 is 2.84 bits per heavy atom. The number of hydrogen-bond donors (Lipinski definition) is 1. The van der Waals surface area contributed by atoms with E-state index in [9.17, 15) is 19.7 Å². The highest BCUT2D eigenvalue weighted by Gasteiger charge is 2.26. The maximum absolute atomic E-state index is 12.3. The van der Waals surface area contributed by atoms with Crippen LogP contribution in [-0.4, -0.2) is 29.0 Å². The van der Waals surface area contributed by atoms with Crippen LogP contribution >= 0.6 is 11.8 Å². The number of fused-ring (bicyclic) bond motifs is 1. The highest BCUT2D eigenvalue weighted by atomic mass is 32.2. The van der Waals surface area contributed by atoms with Gasteiger partial charge in [-0.15, -0.1) is 11.8 Å². The minimum atomic E-state index is -0.493. The summed E-state index contributed by atoms with van der Waals surface area (Å²) in [5, 5.41) is 13.6. The number of nitrogens with one attached hydrogen (secondary N) is 1. The Hall–Kier alpha value is -2.87. The molecule has 0 saturated carbocycles. The fourth-order valence-corrected chi connectivity index (χ4v) is 3.49. The van der Waals surface area contributed by atoms with Crippen molar-refractivity contribution in [3.8, 4) is 0 Å². The van der Waals surface area contributed by atoms with Crippen LogP contribution in [0.5, 0.6) is 0 Å². The van der Waals surface area contributed by atoms with Gasteiger partial charge in [0.2, 0.25) is 11.8 Å². The molecule has 1 heterocycles. The Bertz CT molecular complexity index is 869. The average Bonchev–Trinajstić information content (AvgIpc) is 2.59. The second kappa shape index (κ2) is 6.94. The minimum Gasteiger partial charge on any atom is -0.324 e. The quantitative estimate of drug-likeness (QED) is 0.671. The SMILES string of the molecule is Cc1ccc(NC(=O)CN2C(=O)CSc3ccccc32)cc1[N+](=O)[O-]. The van der Waals surface area contributed by atoms with Gasteiger partial charge in [-0.3, -0.25) is 19.7 Å². The highest BCUT2D eigenvalue weighted by Crippen LogP contribution is 2.34. The largest absolute Gasteiger partial charge is 0.324 e. The van der Waals surface area contributed by atoms with Gasteiger partial charge in [0.05, 0.1) is 16.4 Å².